The van der Waals surface area contributed by atoms with Crippen molar-refractivity contribution in [3.8, 4) is 0 Å². The van der Waals surface area contributed by atoms with Crippen LogP contribution < -0.4 is 5.46 Å². The van der Waals surface area contributed by atoms with Crippen molar-refractivity contribution in [3.05, 3.63) is 174 Å². The third-order valence-corrected chi connectivity index (χ3v) is 7.58. The summed E-state index contributed by atoms with van der Waals surface area (Å²) in [5.74, 6) is 0. The van der Waals surface area contributed by atoms with E-state index in [4.69, 9.17) is 9.31 Å². The first-order valence-electron chi connectivity index (χ1n) is 13.1. The molecule has 1 heterocycles. The van der Waals surface area contributed by atoms with Crippen LogP contribution in [0.2, 0.25) is 0 Å². The van der Waals surface area contributed by atoms with E-state index >= 15 is 0 Å². The number of aliphatic hydroxyl groups is 2. The molecule has 6 rings (SSSR count). The molecule has 5 aromatic carbocycles. The predicted molar refractivity (Wildman–Crippen MR) is 153 cm³/mol. The topological polar surface area (TPSA) is 58.9 Å². The van der Waals surface area contributed by atoms with E-state index in [1.54, 1.807) is 0 Å². The summed E-state index contributed by atoms with van der Waals surface area (Å²) in [7, 11) is -0.876. The van der Waals surface area contributed by atoms with Gasteiger partial charge in [-0.15, -0.1) is 0 Å². The van der Waals surface area contributed by atoms with Crippen molar-refractivity contribution < 1.29 is 19.5 Å². The smallest absolute Gasteiger partial charge is 0.398 e. The molecule has 0 aromatic heterocycles. The summed E-state index contributed by atoms with van der Waals surface area (Å²) >= 11 is 0. The molecule has 2 atom stereocenters. The van der Waals surface area contributed by atoms with Crippen LogP contribution in [0.3, 0.4) is 0 Å². The van der Waals surface area contributed by atoms with E-state index < -0.39 is 30.5 Å². The van der Waals surface area contributed by atoms with Gasteiger partial charge in [0.15, 0.2) is 0 Å². The maximum atomic E-state index is 12.8. The van der Waals surface area contributed by atoms with Gasteiger partial charge in [0, 0.05) is 0 Å². The van der Waals surface area contributed by atoms with E-state index in [2.05, 4.69) is 0 Å². The van der Waals surface area contributed by atoms with Crippen molar-refractivity contribution >= 4 is 12.6 Å². The van der Waals surface area contributed by atoms with E-state index in [1.165, 1.54) is 0 Å². The summed E-state index contributed by atoms with van der Waals surface area (Å²) in [5.41, 5.74) is 0.502. The van der Waals surface area contributed by atoms with E-state index in [-0.39, 0.29) is 0 Å². The van der Waals surface area contributed by atoms with Gasteiger partial charge < -0.3 is 19.5 Å². The Morgan fingerprint density at radius 3 is 1.38 bits per heavy atom. The molecule has 4 nitrogen and oxygen atoms in total. The van der Waals surface area contributed by atoms with Crippen molar-refractivity contribution in [3.63, 3.8) is 0 Å². The van der Waals surface area contributed by atoms with Gasteiger partial charge in [-0.05, 0) is 27.7 Å². The highest BCUT2D eigenvalue weighted by Crippen LogP contribution is 2.48. The summed E-state index contributed by atoms with van der Waals surface area (Å²) in [6.45, 7) is 0. The van der Waals surface area contributed by atoms with Crippen LogP contribution in [0.15, 0.2) is 152 Å². The first-order chi connectivity index (χ1) is 19.1. The molecule has 192 valence electrons. The third kappa shape index (κ3) is 4.40. The lowest BCUT2D eigenvalue weighted by molar-refractivity contribution is -0.190. The zero-order valence-corrected chi connectivity index (χ0v) is 21.4. The molecule has 2 N–H and O–H groups in total. The highest BCUT2D eigenvalue weighted by atomic mass is 16.6. The van der Waals surface area contributed by atoms with Gasteiger partial charge in [0.1, 0.15) is 23.4 Å². The van der Waals surface area contributed by atoms with Gasteiger partial charge in [0.25, 0.3) is 0 Å². The average Bonchev–Trinajstić information content (AvgIpc) is 3.03. The SMILES string of the molecule is O[C@@H]1[C@H](C(O)(c2ccccc2)c2ccccc2)OB(c2ccccc2)OC1(c1ccccc1)c1ccccc1. The molecule has 1 aliphatic heterocycles. The maximum Gasteiger partial charge on any atom is 0.495 e. The molecule has 0 radical (unpaired) electrons. The molecule has 5 heteroatoms. The zero-order valence-electron chi connectivity index (χ0n) is 21.4. The second kappa shape index (κ2) is 10.6. The van der Waals surface area contributed by atoms with Gasteiger partial charge in [-0.2, -0.15) is 0 Å². The summed E-state index contributed by atoms with van der Waals surface area (Å²) in [4.78, 5) is 0. The molecular formula is C34H29BO4. The monoisotopic (exact) mass is 512 g/mol. The zero-order chi connectivity index (χ0) is 26.7. The van der Waals surface area contributed by atoms with Crippen LogP contribution in [0.1, 0.15) is 22.3 Å². The number of aliphatic hydroxyl groups excluding tert-OH is 1. The molecule has 1 fully saturated rings. The minimum absolute atomic E-state index is 0.615. The normalized spacial score (nSPS) is 19.0. The van der Waals surface area contributed by atoms with Crippen LogP contribution in [0.25, 0.3) is 0 Å². The van der Waals surface area contributed by atoms with Gasteiger partial charge >= 0.3 is 7.12 Å². The molecule has 0 bridgehead atoms. The van der Waals surface area contributed by atoms with Crippen molar-refractivity contribution in [2.24, 2.45) is 0 Å². The largest absolute Gasteiger partial charge is 0.495 e. The Morgan fingerprint density at radius 1 is 0.564 bits per heavy atom. The lowest BCUT2D eigenvalue weighted by atomic mass is 9.65. The van der Waals surface area contributed by atoms with Crippen LogP contribution in [-0.4, -0.2) is 29.5 Å². The van der Waals surface area contributed by atoms with Crippen LogP contribution in [0.5, 0.6) is 0 Å². The lowest BCUT2D eigenvalue weighted by Gasteiger charge is -2.52. The Bertz CT molecular complexity index is 1400. The Morgan fingerprint density at radius 2 is 0.949 bits per heavy atom. The number of benzene rings is 5. The molecule has 5 aromatic rings. The van der Waals surface area contributed by atoms with Crippen LogP contribution in [0, 0.1) is 0 Å². The van der Waals surface area contributed by atoms with Gasteiger partial charge in [0.05, 0.1) is 0 Å². The minimum Gasteiger partial charge on any atom is -0.398 e. The molecule has 0 spiro atoms. The maximum absolute atomic E-state index is 12.8. The number of hydrogen-bond donors (Lipinski definition) is 2. The third-order valence-electron chi connectivity index (χ3n) is 7.58. The highest BCUT2D eigenvalue weighted by Gasteiger charge is 2.60. The fourth-order valence-corrected chi connectivity index (χ4v) is 5.67. The molecule has 0 amide bonds. The fraction of sp³-hybridized carbons (Fsp3) is 0.118. The Balaban J connectivity index is 1.63. The van der Waals surface area contributed by atoms with E-state index in [0.717, 1.165) is 16.6 Å². The summed E-state index contributed by atoms with van der Waals surface area (Å²) in [6, 6.07) is 47.8. The minimum atomic E-state index is -1.70. The Labute approximate surface area is 229 Å². The second-order valence-corrected chi connectivity index (χ2v) is 9.83. The molecule has 0 saturated carbocycles. The average molecular weight is 512 g/mol. The van der Waals surface area contributed by atoms with E-state index in [1.807, 2.05) is 152 Å². The Kier molecular flexibility index (Phi) is 6.90. The second-order valence-electron chi connectivity index (χ2n) is 9.83. The summed E-state index contributed by atoms with van der Waals surface area (Å²) in [5, 5.41) is 25.3. The predicted octanol–water partition coefficient (Wildman–Crippen LogP) is 5.04. The van der Waals surface area contributed by atoms with Crippen molar-refractivity contribution in [1.29, 1.82) is 0 Å². The first kappa shape index (κ1) is 25.3. The summed E-state index contributed by atoms with van der Waals surface area (Å²) < 4.78 is 13.5. The van der Waals surface area contributed by atoms with Gasteiger partial charge in [0.2, 0.25) is 0 Å². The lowest BCUT2D eigenvalue weighted by Crippen LogP contribution is -2.67. The standard InChI is InChI=1S/C34H29BO4/c36-31-32(33(37,26-16-6-1-7-17-26)27-18-8-2-9-19-27)38-35(30-24-14-5-15-25-30)39-34(31,28-20-10-3-11-21-28)29-22-12-4-13-23-29/h1-25,31-32,36-37H/t31-,32-/m1/s1. The molecule has 1 saturated heterocycles. The number of rotatable bonds is 6. The molecule has 0 aliphatic carbocycles. The highest BCUT2D eigenvalue weighted by molar-refractivity contribution is 6.61. The molecule has 1 aliphatic rings. The fourth-order valence-electron chi connectivity index (χ4n) is 5.67. The molecular weight excluding hydrogens is 483 g/mol. The summed E-state index contributed by atoms with van der Waals surface area (Å²) in [6.07, 6.45) is -2.41. The molecule has 0 unspecified atom stereocenters. The Hall–Kier alpha value is -4.00. The van der Waals surface area contributed by atoms with Crippen LogP contribution in [0.4, 0.5) is 0 Å². The number of hydrogen-bond acceptors (Lipinski definition) is 4. The van der Waals surface area contributed by atoms with Gasteiger partial charge in [-0.25, -0.2) is 0 Å². The van der Waals surface area contributed by atoms with Crippen LogP contribution in [-0.2, 0) is 20.5 Å². The quantitative estimate of drug-likeness (QED) is 0.313. The van der Waals surface area contributed by atoms with E-state index in [9.17, 15) is 10.2 Å². The van der Waals surface area contributed by atoms with Gasteiger partial charge in [-0.1, -0.05) is 152 Å². The van der Waals surface area contributed by atoms with Crippen molar-refractivity contribution in [1.82, 2.24) is 0 Å². The van der Waals surface area contributed by atoms with Gasteiger partial charge in [-0.3, -0.25) is 0 Å². The van der Waals surface area contributed by atoms with Crippen LogP contribution >= 0.6 is 0 Å². The molecule has 39 heavy (non-hydrogen) atoms. The van der Waals surface area contributed by atoms with E-state index in [0.29, 0.717) is 11.1 Å². The first-order valence-corrected chi connectivity index (χ1v) is 13.1. The van der Waals surface area contributed by atoms with Crippen molar-refractivity contribution in [2.75, 3.05) is 0 Å². The van der Waals surface area contributed by atoms with Crippen molar-refractivity contribution in [2.45, 2.75) is 23.4 Å².